The SMILES string of the molecule is Cc1ccc(N(C(C)C(=O)NC(C)c2ccc(S(C)(=O)=O)cc2)S(C)(=O)=O)cc1C. The number of hydrogen-bond donors (Lipinski definition) is 1. The van der Waals surface area contributed by atoms with Gasteiger partial charge in [-0.1, -0.05) is 18.2 Å². The van der Waals surface area contributed by atoms with E-state index in [1.165, 1.54) is 19.1 Å². The van der Waals surface area contributed by atoms with E-state index in [9.17, 15) is 21.6 Å². The van der Waals surface area contributed by atoms with Crippen molar-refractivity contribution in [2.75, 3.05) is 16.8 Å². The quantitative estimate of drug-likeness (QED) is 0.696. The van der Waals surface area contributed by atoms with E-state index in [1.807, 2.05) is 19.9 Å². The smallest absolute Gasteiger partial charge is 0.244 e. The summed E-state index contributed by atoms with van der Waals surface area (Å²) in [4.78, 5) is 13.0. The third kappa shape index (κ3) is 5.60. The molecule has 2 unspecified atom stereocenters. The van der Waals surface area contributed by atoms with Gasteiger partial charge in [0.25, 0.3) is 0 Å². The first-order valence-corrected chi connectivity index (χ1v) is 13.1. The number of aryl methyl sites for hydroxylation is 2. The summed E-state index contributed by atoms with van der Waals surface area (Å²) in [5.74, 6) is -0.460. The maximum Gasteiger partial charge on any atom is 0.244 e. The Hall–Kier alpha value is -2.39. The molecule has 30 heavy (non-hydrogen) atoms. The molecule has 0 fully saturated rings. The van der Waals surface area contributed by atoms with Crippen LogP contribution in [0.15, 0.2) is 47.4 Å². The predicted molar refractivity (Wildman–Crippen MR) is 119 cm³/mol. The van der Waals surface area contributed by atoms with Crippen LogP contribution in [0.2, 0.25) is 0 Å². The van der Waals surface area contributed by atoms with Crippen LogP contribution in [0.4, 0.5) is 5.69 Å². The molecule has 0 radical (unpaired) electrons. The second kappa shape index (κ2) is 8.77. The molecular weight excluding hydrogens is 424 g/mol. The van der Waals surface area contributed by atoms with Crippen LogP contribution in [-0.4, -0.2) is 41.3 Å². The van der Waals surface area contributed by atoms with E-state index < -0.39 is 37.9 Å². The lowest BCUT2D eigenvalue weighted by molar-refractivity contribution is -0.122. The Bertz CT molecular complexity index is 1140. The number of hydrogen-bond acceptors (Lipinski definition) is 5. The van der Waals surface area contributed by atoms with Crippen LogP contribution in [0, 0.1) is 13.8 Å². The van der Waals surface area contributed by atoms with Gasteiger partial charge in [-0.2, -0.15) is 0 Å². The first-order valence-electron chi connectivity index (χ1n) is 9.39. The zero-order valence-electron chi connectivity index (χ0n) is 18.0. The Morgan fingerprint density at radius 1 is 0.900 bits per heavy atom. The van der Waals surface area contributed by atoms with Gasteiger partial charge in [0.2, 0.25) is 15.9 Å². The minimum atomic E-state index is -3.71. The number of sulfonamides is 1. The third-order valence-corrected chi connectivity index (χ3v) is 7.37. The molecule has 0 bridgehead atoms. The molecule has 0 aliphatic carbocycles. The normalized spacial score (nSPS) is 14.1. The van der Waals surface area contributed by atoms with Crippen LogP contribution in [0.5, 0.6) is 0 Å². The van der Waals surface area contributed by atoms with Crippen LogP contribution < -0.4 is 9.62 Å². The molecule has 9 heteroatoms. The van der Waals surface area contributed by atoms with Gasteiger partial charge < -0.3 is 5.32 Å². The zero-order chi connectivity index (χ0) is 22.9. The number of carbonyl (C=O) groups is 1. The highest BCUT2D eigenvalue weighted by Gasteiger charge is 2.30. The zero-order valence-corrected chi connectivity index (χ0v) is 19.6. The molecule has 1 N–H and O–H groups in total. The fourth-order valence-electron chi connectivity index (χ4n) is 3.09. The van der Waals surface area contributed by atoms with Crippen molar-refractivity contribution in [2.24, 2.45) is 0 Å². The Labute approximate surface area is 179 Å². The summed E-state index contributed by atoms with van der Waals surface area (Å²) in [5.41, 5.74) is 3.08. The summed E-state index contributed by atoms with van der Waals surface area (Å²) in [6.07, 6.45) is 2.20. The summed E-state index contributed by atoms with van der Waals surface area (Å²) < 4.78 is 49.2. The third-order valence-electron chi connectivity index (χ3n) is 5.00. The van der Waals surface area contributed by atoms with Gasteiger partial charge in [-0.15, -0.1) is 0 Å². The number of carbonyl (C=O) groups excluding carboxylic acids is 1. The van der Waals surface area contributed by atoms with Gasteiger partial charge >= 0.3 is 0 Å². The second-order valence-electron chi connectivity index (χ2n) is 7.57. The number of benzene rings is 2. The average Bonchev–Trinajstić information content (AvgIpc) is 2.63. The second-order valence-corrected chi connectivity index (χ2v) is 11.4. The van der Waals surface area contributed by atoms with E-state index in [4.69, 9.17) is 0 Å². The van der Waals surface area contributed by atoms with E-state index >= 15 is 0 Å². The van der Waals surface area contributed by atoms with Gasteiger partial charge in [-0.25, -0.2) is 16.8 Å². The molecule has 0 heterocycles. The topological polar surface area (TPSA) is 101 Å². The Kier molecular flexibility index (Phi) is 6.98. The summed E-state index contributed by atoms with van der Waals surface area (Å²) in [6, 6.07) is 10.1. The molecule has 0 aromatic heterocycles. The van der Waals surface area contributed by atoms with E-state index in [1.54, 1.807) is 31.2 Å². The van der Waals surface area contributed by atoms with Gasteiger partial charge in [0.05, 0.1) is 22.9 Å². The van der Waals surface area contributed by atoms with E-state index in [0.717, 1.165) is 27.9 Å². The molecule has 0 saturated carbocycles. The van der Waals surface area contributed by atoms with Crippen molar-refractivity contribution in [3.63, 3.8) is 0 Å². The van der Waals surface area contributed by atoms with Gasteiger partial charge in [-0.3, -0.25) is 9.10 Å². The standard InChI is InChI=1S/C21H28N2O5S2/c1-14-7-10-19(13-15(14)2)23(30(6,27)28)17(4)21(24)22-16(3)18-8-11-20(12-9-18)29(5,25)26/h7-13,16-17H,1-6H3,(H,22,24). The molecule has 0 spiro atoms. The summed E-state index contributed by atoms with van der Waals surface area (Å²) in [6.45, 7) is 7.09. The van der Waals surface area contributed by atoms with Crippen molar-refractivity contribution in [2.45, 2.75) is 44.7 Å². The van der Waals surface area contributed by atoms with Crippen molar-refractivity contribution >= 4 is 31.5 Å². The largest absolute Gasteiger partial charge is 0.348 e. The Balaban J connectivity index is 2.25. The molecule has 2 atom stereocenters. The highest BCUT2D eigenvalue weighted by molar-refractivity contribution is 7.92. The molecule has 2 rings (SSSR count). The van der Waals surface area contributed by atoms with Crippen LogP contribution in [-0.2, 0) is 24.7 Å². The Morgan fingerprint density at radius 3 is 1.93 bits per heavy atom. The minimum Gasteiger partial charge on any atom is -0.348 e. The van der Waals surface area contributed by atoms with Crippen LogP contribution in [0.3, 0.4) is 0 Å². The lowest BCUT2D eigenvalue weighted by atomic mass is 10.1. The predicted octanol–water partition coefficient (Wildman–Crippen LogP) is 2.74. The summed E-state index contributed by atoms with van der Waals surface area (Å²) in [7, 11) is -7.02. The molecule has 1 amide bonds. The van der Waals surface area contributed by atoms with Crippen LogP contribution in [0.25, 0.3) is 0 Å². The average molecular weight is 453 g/mol. The molecular formula is C21H28N2O5S2. The van der Waals surface area contributed by atoms with Gasteiger partial charge in [0.1, 0.15) is 6.04 Å². The minimum absolute atomic E-state index is 0.191. The highest BCUT2D eigenvalue weighted by Crippen LogP contribution is 2.24. The number of nitrogens with one attached hydrogen (secondary N) is 1. The van der Waals surface area contributed by atoms with Crippen molar-refractivity contribution < 1.29 is 21.6 Å². The Morgan fingerprint density at radius 2 is 1.47 bits per heavy atom. The number of nitrogens with zero attached hydrogens (tertiary/aromatic N) is 1. The number of rotatable bonds is 7. The van der Waals surface area contributed by atoms with Gasteiger partial charge in [-0.05, 0) is 68.7 Å². The van der Waals surface area contributed by atoms with Crippen molar-refractivity contribution in [1.82, 2.24) is 5.32 Å². The fourth-order valence-corrected chi connectivity index (χ4v) is 4.89. The maximum atomic E-state index is 12.9. The maximum absolute atomic E-state index is 12.9. The lowest BCUT2D eigenvalue weighted by Gasteiger charge is -2.29. The molecule has 0 saturated heterocycles. The first-order chi connectivity index (χ1) is 13.7. The number of amides is 1. The van der Waals surface area contributed by atoms with Gasteiger partial charge in [0.15, 0.2) is 9.84 Å². The van der Waals surface area contributed by atoms with E-state index in [0.29, 0.717) is 11.3 Å². The number of anilines is 1. The van der Waals surface area contributed by atoms with Crippen LogP contribution >= 0.6 is 0 Å². The van der Waals surface area contributed by atoms with E-state index in [2.05, 4.69) is 5.32 Å². The van der Waals surface area contributed by atoms with E-state index in [-0.39, 0.29) is 4.90 Å². The highest BCUT2D eigenvalue weighted by atomic mass is 32.2. The lowest BCUT2D eigenvalue weighted by Crippen LogP contribution is -2.48. The molecule has 2 aromatic carbocycles. The summed E-state index contributed by atoms with van der Waals surface area (Å²) >= 11 is 0. The van der Waals surface area contributed by atoms with Crippen molar-refractivity contribution in [3.05, 3.63) is 59.2 Å². The fraction of sp³-hybridized carbons (Fsp3) is 0.381. The molecule has 164 valence electrons. The van der Waals surface area contributed by atoms with Crippen molar-refractivity contribution in [3.8, 4) is 0 Å². The number of sulfone groups is 1. The molecule has 7 nitrogen and oxygen atoms in total. The summed E-state index contributed by atoms with van der Waals surface area (Å²) in [5, 5.41) is 2.81. The van der Waals surface area contributed by atoms with Crippen LogP contribution in [0.1, 0.15) is 36.6 Å². The van der Waals surface area contributed by atoms with Crippen molar-refractivity contribution in [1.29, 1.82) is 0 Å². The molecule has 0 aliphatic heterocycles. The first kappa shape index (κ1) is 23.9. The molecule has 0 aliphatic rings. The monoisotopic (exact) mass is 452 g/mol. The van der Waals surface area contributed by atoms with Gasteiger partial charge in [0, 0.05) is 6.26 Å². The molecule has 2 aromatic rings.